The highest BCUT2D eigenvalue weighted by Crippen LogP contribution is 2.36. The number of aromatic nitrogens is 2. The molecule has 1 aromatic heterocycles. The van der Waals surface area contributed by atoms with Crippen molar-refractivity contribution in [3.05, 3.63) is 34.6 Å². The quantitative estimate of drug-likeness (QED) is 0.794. The van der Waals surface area contributed by atoms with Crippen LogP contribution in [0, 0.1) is 0 Å². The van der Waals surface area contributed by atoms with E-state index in [-0.39, 0.29) is 11.9 Å². The van der Waals surface area contributed by atoms with Gasteiger partial charge in [0.15, 0.2) is 0 Å². The number of carbonyl (C=O) groups excluding carboxylic acids is 1. The molecule has 0 saturated carbocycles. The first-order valence-electron chi connectivity index (χ1n) is 8.45. The van der Waals surface area contributed by atoms with Crippen LogP contribution in [0.5, 0.6) is 0 Å². The van der Waals surface area contributed by atoms with Crippen LogP contribution in [0.25, 0.3) is 11.1 Å². The van der Waals surface area contributed by atoms with Crippen LogP contribution in [0.3, 0.4) is 0 Å². The van der Waals surface area contributed by atoms with E-state index in [1.54, 1.807) is 0 Å². The number of aryl methyl sites for hydroxylation is 1. The molecule has 0 fully saturated rings. The number of carbonyl (C=O) groups is 1. The van der Waals surface area contributed by atoms with Gasteiger partial charge in [0.1, 0.15) is 0 Å². The molecule has 0 spiro atoms. The molecular formula is C18H23ClN4O2. The number of nitrogens with one attached hydrogen (secondary N) is 2. The maximum atomic E-state index is 11.6. The van der Waals surface area contributed by atoms with Gasteiger partial charge in [-0.2, -0.15) is 5.10 Å². The highest BCUT2D eigenvalue weighted by molar-refractivity contribution is 6.34. The van der Waals surface area contributed by atoms with Gasteiger partial charge < -0.3 is 15.4 Å². The molecule has 6 nitrogen and oxygen atoms in total. The molecule has 3 rings (SSSR count). The van der Waals surface area contributed by atoms with E-state index < -0.39 is 0 Å². The van der Waals surface area contributed by atoms with Crippen LogP contribution < -0.4 is 10.6 Å². The maximum absolute atomic E-state index is 11.6. The Morgan fingerprint density at radius 3 is 3.00 bits per heavy atom. The minimum atomic E-state index is -0.0251. The minimum absolute atomic E-state index is 0.0251. The van der Waals surface area contributed by atoms with Gasteiger partial charge >= 0.3 is 0 Å². The van der Waals surface area contributed by atoms with Crippen molar-refractivity contribution in [1.29, 1.82) is 0 Å². The molecule has 25 heavy (non-hydrogen) atoms. The number of fused-ring (bicyclic) bond motifs is 1. The first-order valence-corrected chi connectivity index (χ1v) is 8.83. The highest BCUT2D eigenvalue weighted by atomic mass is 35.5. The zero-order valence-corrected chi connectivity index (χ0v) is 15.5. The summed E-state index contributed by atoms with van der Waals surface area (Å²) in [7, 11) is 1.91. The van der Waals surface area contributed by atoms with Crippen molar-refractivity contribution in [2.24, 2.45) is 0 Å². The molecule has 0 aliphatic carbocycles. The first-order chi connectivity index (χ1) is 12.0. The van der Waals surface area contributed by atoms with E-state index in [1.165, 1.54) is 0 Å². The Bertz CT molecular complexity index is 788. The number of amides is 1. The maximum Gasteiger partial charge on any atom is 0.228 e. The molecule has 7 heteroatoms. The van der Waals surface area contributed by atoms with E-state index in [2.05, 4.69) is 22.7 Å². The average Bonchev–Trinajstić information content (AvgIpc) is 3.17. The van der Waals surface area contributed by atoms with Crippen LogP contribution >= 0.6 is 11.6 Å². The third-order valence-corrected chi connectivity index (χ3v) is 4.66. The minimum Gasteiger partial charge on any atom is -0.373 e. The van der Waals surface area contributed by atoms with E-state index in [4.69, 9.17) is 16.3 Å². The van der Waals surface area contributed by atoms with Crippen LogP contribution in [-0.2, 0) is 29.1 Å². The van der Waals surface area contributed by atoms with Crippen LogP contribution in [0.1, 0.15) is 25.1 Å². The first kappa shape index (κ1) is 17.9. The van der Waals surface area contributed by atoms with Crippen LogP contribution in [0.4, 0.5) is 5.69 Å². The number of likely N-dealkylation sites (N-methyl/N-ethyl adjacent to an activating group) is 1. The molecule has 1 aromatic carbocycles. The predicted octanol–water partition coefficient (Wildman–Crippen LogP) is 2.84. The molecule has 0 bridgehead atoms. The summed E-state index contributed by atoms with van der Waals surface area (Å²) in [5, 5.41) is 11.1. The SMILES string of the molecule is CCn1cc(-c2cc(Cl)c3c(c2)CC(=O)N3)c(COC[C@@H](C)NC)n1. The molecule has 0 unspecified atom stereocenters. The van der Waals surface area contributed by atoms with Gasteiger partial charge in [-0.25, -0.2) is 0 Å². The zero-order chi connectivity index (χ0) is 18.0. The number of hydrogen-bond acceptors (Lipinski definition) is 4. The van der Waals surface area contributed by atoms with Gasteiger partial charge in [-0.15, -0.1) is 0 Å². The lowest BCUT2D eigenvalue weighted by Crippen LogP contribution is -2.26. The van der Waals surface area contributed by atoms with Gasteiger partial charge in [0, 0.05) is 24.3 Å². The zero-order valence-electron chi connectivity index (χ0n) is 14.7. The van der Waals surface area contributed by atoms with Gasteiger partial charge in [-0.1, -0.05) is 11.6 Å². The third-order valence-electron chi connectivity index (χ3n) is 4.36. The van der Waals surface area contributed by atoms with Gasteiger partial charge in [-0.05, 0) is 44.2 Å². The standard InChI is InChI=1S/C18H23ClN4O2/c1-4-23-8-14(16(22-23)10-25-9-11(2)20-3)12-5-13-7-17(24)21-18(13)15(19)6-12/h5-6,8,11,20H,4,7,9-10H2,1-3H3,(H,21,24)/t11-/m1/s1. The van der Waals surface area contributed by atoms with Crippen molar-refractivity contribution in [2.45, 2.75) is 39.5 Å². The average molecular weight is 363 g/mol. The third kappa shape index (κ3) is 3.86. The molecule has 1 amide bonds. The number of rotatable bonds is 7. The van der Waals surface area contributed by atoms with Crippen molar-refractivity contribution in [2.75, 3.05) is 19.0 Å². The highest BCUT2D eigenvalue weighted by Gasteiger charge is 2.22. The summed E-state index contributed by atoms with van der Waals surface area (Å²) < 4.78 is 7.68. The van der Waals surface area contributed by atoms with Crippen molar-refractivity contribution < 1.29 is 9.53 Å². The number of benzene rings is 1. The van der Waals surface area contributed by atoms with E-state index in [0.29, 0.717) is 24.7 Å². The van der Waals surface area contributed by atoms with Crippen molar-refractivity contribution >= 4 is 23.2 Å². The van der Waals surface area contributed by atoms with E-state index in [0.717, 1.165) is 34.6 Å². The Morgan fingerprint density at radius 1 is 1.48 bits per heavy atom. The second kappa shape index (κ2) is 7.56. The Morgan fingerprint density at radius 2 is 2.28 bits per heavy atom. The number of halogens is 1. The van der Waals surface area contributed by atoms with Crippen LogP contribution in [0.2, 0.25) is 5.02 Å². The van der Waals surface area contributed by atoms with E-state index >= 15 is 0 Å². The smallest absolute Gasteiger partial charge is 0.228 e. The Labute approximate surface area is 152 Å². The van der Waals surface area contributed by atoms with Gasteiger partial charge in [0.2, 0.25) is 5.91 Å². The second-order valence-electron chi connectivity index (χ2n) is 6.27. The molecule has 1 aliphatic heterocycles. The summed E-state index contributed by atoms with van der Waals surface area (Å²) >= 11 is 6.37. The lowest BCUT2D eigenvalue weighted by Gasteiger charge is -2.11. The molecular weight excluding hydrogens is 340 g/mol. The lowest BCUT2D eigenvalue weighted by atomic mass is 10.0. The summed E-state index contributed by atoms with van der Waals surface area (Å²) in [6, 6.07) is 4.17. The summed E-state index contributed by atoms with van der Waals surface area (Å²) in [6.07, 6.45) is 2.36. The fourth-order valence-electron chi connectivity index (χ4n) is 2.84. The normalized spacial score (nSPS) is 14.5. The number of nitrogens with zero attached hydrogens (tertiary/aromatic N) is 2. The Balaban J connectivity index is 1.89. The van der Waals surface area contributed by atoms with Gasteiger partial charge in [0.05, 0.1) is 36.0 Å². The second-order valence-corrected chi connectivity index (χ2v) is 6.67. The fraction of sp³-hybridized carbons (Fsp3) is 0.444. The molecule has 0 radical (unpaired) electrons. The van der Waals surface area contributed by atoms with Crippen molar-refractivity contribution in [1.82, 2.24) is 15.1 Å². The summed E-state index contributed by atoms with van der Waals surface area (Å²) in [5.74, 6) is -0.0251. The Kier molecular flexibility index (Phi) is 5.42. The Hall–Kier alpha value is -1.89. The number of anilines is 1. The lowest BCUT2D eigenvalue weighted by molar-refractivity contribution is -0.115. The van der Waals surface area contributed by atoms with Crippen molar-refractivity contribution in [3.63, 3.8) is 0 Å². The van der Waals surface area contributed by atoms with Crippen LogP contribution in [-0.4, -0.2) is 35.4 Å². The molecule has 1 atom stereocenters. The van der Waals surface area contributed by atoms with Gasteiger partial charge in [0.25, 0.3) is 0 Å². The topological polar surface area (TPSA) is 68.2 Å². The largest absolute Gasteiger partial charge is 0.373 e. The number of hydrogen-bond donors (Lipinski definition) is 2. The molecule has 1 aliphatic rings. The molecule has 2 heterocycles. The van der Waals surface area contributed by atoms with E-state index in [9.17, 15) is 4.79 Å². The molecule has 0 saturated heterocycles. The fourth-order valence-corrected chi connectivity index (χ4v) is 3.13. The summed E-state index contributed by atoms with van der Waals surface area (Å²) in [5.41, 5.74) is 4.47. The van der Waals surface area contributed by atoms with E-state index in [1.807, 2.05) is 37.0 Å². The van der Waals surface area contributed by atoms with Crippen molar-refractivity contribution in [3.8, 4) is 11.1 Å². The monoisotopic (exact) mass is 362 g/mol. The van der Waals surface area contributed by atoms with Crippen LogP contribution in [0.15, 0.2) is 18.3 Å². The molecule has 134 valence electrons. The summed E-state index contributed by atoms with van der Waals surface area (Å²) in [4.78, 5) is 11.6. The molecule has 2 aromatic rings. The summed E-state index contributed by atoms with van der Waals surface area (Å²) in [6.45, 7) is 5.93. The number of ether oxygens (including phenoxy) is 1. The van der Waals surface area contributed by atoms with Gasteiger partial charge in [-0.3, -0.25) is 9.48 Å². The molecule has 2 N–H and O–H groups in total. The predicted molar refractivity (Wildman–Crippen MR) is 98.9 cm³/mol.